The van der Waals surface area contributed by atoms with E-state index in [1.165, 1.54) is 0 Å². The lowest BCUT2D eigenvalue weighted by Crippen LogP contribution is -2.34. The van der Waals surface area contributed by atoms with Crippen LogP contribution in [-0.4, -0.2) is 31.6 Å². The molecule has 0 fully saturated rings. The summed E-state index contributed by atoms with van der Waals surface area (Å²) in [6.45, 7) is -2.01. The third-order valence-corrected chi connectivity index (χ3v) is 0.816. The Hall–Kier alpha value is -0.880. The normalized spacial score (nSPS) is 14.1. The highest BCUT2D eigenvalue weighted by Crippen LogP contribution is 2.23. The zero-order valence-corrected chi connectivity index (χ0v) is 5.70. The average molecular weight is 192 g/mol. The molecule has 0 amide bonds. The van der Waals surface area contributed by atoms with E-state index in [-0.39, 0.29) is 0 Å². The number of hydrogen-bond acceptors (Lipinski definition) is 2. The highest BCUT2D eigenvalue weighted by molar-refractivity contribution is 5.75. The Morgan fingerprint density at radius 3 is 2.25 bits per heavy atom. The fraction of sp³-hybridized carbons (Fsp3) is 0.800. The molecule has 0 spiro atoms. The molecule has 0 radical (unpaired) electrons. The first kappa shape index (κ1) is 11.1. The molecular weight excluding hydrogens is 187 g/mol. The molecule has 72 valence electrons. The van der Waals surface area contributed by atoms with Crippen LogP contribution in [0.5, 0.6) is 0 Å². The third kappa shape index (κ3) is 3.49. The first-order chi connectivity index (χ1) is 5.39. The quantitative estimate of drug-likeness (QED) is 0.499. The molecule has 0 saturated carbocycles. The maximum atomic E-state index is 11.9. The van der Waals surface area contributed by atoms with Gasteiger partial charge < -0.3 is 4.74 Å². The van der Waals surface area contributed by atoms with Crippen molar-refractivity contribution in [2.45, 2.75) is 12.3 Å². The number of hydrogen-bond donors (Lipinski definition) is 0. The lowest BCUT2D eigenvalue weighted by molar-refractivity contribution is -0.201. The van der Waals surface area contributed by atoms with Gasteiger partial charge in [0.05, 0.1) is 0 Å². The Balaban J connectivity index is 3.94. The largest absolute Gasteiger partial charge is 0.461 e. The van der Waals surface area contributed by atoms with Gasteiger partial charge in [0.25, 0.3) is 6.17 Å². The van der Waals surface area contributed by atoms with Gasteiger partial charge in [0.1, 0.15) is 13.3 Å². The van der Waals surface area contributed by atoms with Crippen LogP contribution in [0.15, 0.2) is 0 Å². The van der Waals surface area contributed by atoms with Crippen molar-refractivity contribution in [1.82, 2.24) is 0 Å². The molecule has 0 rings (SSSR count). The van der Waals surface area contributed by atoms with Crippen molar-refractivity contribution in [3.63, 3.8) is 0 Å². The van der Waals surface area contributed by atoms with E-state index in [2.05, 4.69) is 4.74 Å². The zero-order valence-electron chi connectivity index (χ0n) is 5.70. The first-order valence-electron chi connectivity index (χ1n) is 2.83. The van der Waals surface area contributed by atoms with E-state index in [9.17, 15) is 26.7 Å². The topological polar surface area (TPSA) is 26.3 Å². The van der Waals surface area contributed by atoms with Gasteiger partial charge in [-0.05, 0) is 0 Å². The van der Waals surface area contributed by atoms with Crippen molar-refractivity contribution >= 4 is 5.97 Å². The van der Waals surface area contributed by atoms with Crippen LogP contribution in [0.3, 0.4) is 0 Å². The zero-order chi connectivity index (χ0) is 9.78. The van der Waals surface area contributed by atoms with Crippen LogP contribution in [0, 0.1) is 0 Å². The van der Waals surface area contributed by atoms with E-state index in [0.717, 1.165) is 0 Å². The van der Waals surface area contributed by atoms with Crippen LogP contribution < -0.4 is 0 Å². The molecule has 12 heavy (non-hydrogen) atoms. The van der Waals surface area contributed by atoms with Crippen molar-refractivity contribution in [3.8, 4) is 0 Å². The van der Waals surface area contributed by atoms with Gasteiger partial charge in [0.2, 0.25) is 0 Å². The second kappa shape index (κ2) is 4.22. The van der Waals surface area contributed by atoms with E-state index >= 15 is 0 Å². The van der Waals surface area contributed by atoms with Gasteiger partial charge in [-0.3, -0.25) is 0 Å². The summed E-state index contributed by atoms with van der Waals surface area (Å²) in [6.07, 6.45) is -8.98. The number of rotatable bonds is 3. The summed E-state index contributed by atoms with van der Waals surface area (Å²) in [5, 5.41) is 0. The molecule has 0 aliphatic carbocycles. The molecule has 0 aromatic heterocycles. The van der Waals surface area contributed by atoms with Crippen LogP contribution in [-0.2, 0) is 9.53 Å². The van der Waals surface area contributed by atoms with Crippen LogP contribution in [0.25, 0.3) is 0 Å². The molecule has 0 heterocycles. The van der Waals surface area contributed by atoms with Gasteiger partial charge in [-0.1, -0.05) is 0 Å². The second-order valence-electron chi connectivity index (χ2n) is 1.76. The van der Waals surface area contributed by atoms with Gasteiger partial charge in [-0.25, -0.2) is 13.6 Å². The highest BCUT2D eigenvalue weighted by Gasteiger charge is 2.46. The third-order valence-electron chi connectivity index (χ3n) is 0.816. The maximum absolute atomic E-state index is 11.9. The minimum Gasteiger partial charge on any atom is -0.461 e. The van der Waals surface area contributed by atoms with Gasteiger partial charge in [-0.2, -0.15) is 13.2 Å². The maximum Gasteiger partial charge on any atom is 0.430 e. The molecule has 0 aromatic carbocycles. The molecule has 0 aromatic rings. The van der Waals surface area contributed by atoms with Crippen molar-refractivity contribution < 1.29 is 31.5 Å². The summed E-state index contributed by atoms with van der Waals surface area (Å²) < 4.78 is 60.8. The Kier molecular flexibility index (Phi) is 3.91. The van der Waals surface area contributed by atoms with Crippen molar-refractivity contribution in [1.29, 1.82) is 0 Å². The van der Waals surface area contributed by atoms with Gasteiger partial charge in [0.15, 0.2) is 0 Å². The lowest BCUT2D eigenvalue weighted by Gasteiger charge is -2.10. The van der Waals surface area contributed by atoms with E-state index in [1.807, 2.05) is 0 Å². The number of ether oxygens (including phenoxy) is 1. The van der Waals surface area contributed by atoms with E-state index in [1.54, 1.807) is 0 Å². The first-order valence-corrected chi connectivity index (χ1v) is 2.83. The summed E-state index contributed by atoms with van der Waals surface area (Å²) in [4.78, 5) is 10.1. The Morgan fingerprint density at radius 2 is 1.92 bits per heavy atom. The number of alkyl halides is 5. The number of carbonyl (C=O) groups excluding carboxylic acids is 1. The molecule has 0 aliphatic heterocycles. The van der Waals surface area contributed by atoms with E-state index < -0.39 is 31.6 Å². The minimum absolute atomic E-state index is 0.866. The average Bonchev–Trinajstić information content (AvgIpc) is 1.97. The SMILES string of the molecule is O=C(OCCF)C(F)C(F)(F)F. The summed E-state index contributed by atoms with van der Waals surface area (Å²) >= 11 is 0. The Bertz CT molecular complexity index is 154. The Morgan fingerprint density at radius 1 is 1.42 bits per heavy atom. The standard InChI is InChI=1S/C5H5F5O2/c6-1-2-12-4(11)3(7)5(8,9)10/h3H,1-2H2. The van der Waals surface area contributed by atoms with Crippen molar-refractivity contribution in [3.05, 3.63) is 0 Å². The van der Waals surface area contributed by atoms with E-state index in [4.69, 9.17) is 0 Å². The van der Waals surface area contributed by atoms with E-state index in [0.29, 0.717) is 0 Å². The van der Waals surface area contributed by atoms with Gasteiger partial charge in [0, 0.05) is 0 Å². The van der Waals surface area contributed by atoms with Crippen LogP contribution in [0.1, 0.15) is 0 Å². The number of halogens is 5. The minimum atomic E-state index is -5.28. The van der Waals surface area contributed by atoms with Crippen LogP contribution in [0.2, 0.25) is 0 Å². The molecule has 2 nitrogen and oxygen atoms in total. The molecule has 0 saturated heterocycles. The molecule has 7 heteroatoms. The summed E-state index contributed by atoms with van der Waals surface area (Å²) in [6, 6.07) is 0. The van der Waals surface area contributed by atoms with Gasteiger partial charge in [-0.15, -0.1) is 0 Å². The predicted octanol–water partition coefficient (Wildman–Crippen LogP) is 1.40. The van der Waals surface area contributed by atoms with Gasteiger partial charge >= 0.3 is 12.1 Å². The highest BCUT2D eigenvalue weighted by atomic mass is 19.4. The monoisotopic (exact) mass is 192 g/mol. The van der Waals surface area contributed by atoms with Crippen molar-refractivity contribution in [2.75, 3.05) is 13.3 Å². The lowest BCUT2D eigenvalue weighted by atomic mass is 10.4. The summed E-state index contributed by atoms with van der Waals surface area (Å²) in [5.74, 6) is -2.11. The number of carbonyl (C=O) groups is 1. The summed E-state index contributed by atoms with van der Waals surface area (Å²) in [7, 11) is 0. The molecule has 0 bridgehead atoms. The molecule has 0 N–H and O–H groups in total. The Labute approximate surface area is 64.3 Å². The fourth-order valence-electron chi connectivity index (χ4n) is 0.346. The smallest absolute Gasteiger partial charge is 0.430 e. The summed E-state index contributed by atoms with van der Waals surface area (Å²) in [5.41, 5.74) is 0. The second-order valence-corrected chi connectivity index (χ2v) is 1.76. The molecule has 1 atom stereocenters. The van der Waals surface area contributed by atoms with Crippen LogP contribution in [0.4, 0.5) is 22.0 Å². The molecule has 1 unspecified atom stereocenters. The molecule has 0 aliphatic rings. The van der Waals surface area contributed by atoms with Crippen LogP contribution >= 0.6 is 0 Å². The van der Waals surface area contributed by atoms with Crippen molar-refractivity contribution in [2.24, 2.45) is 0 Å². The predicted molar refractivity (Wildman–Crippen MR) is 27.9 cm³/mol. The molecular formula is C5H5F5O2. The fourth-order valence-corrected chi connectivity index (χ4v) is 0.346. The number of esters is 1.